The van der Waals surface area contributed by atoms with Crippen molar-refractivity contribution >= 4 is 15.9 Å². The summed E-state index contributed by atoms with van der Waals surface area (Å²) in [6, 6.07) is 4.60. The van der Waals surface area contributed by atoms with Gasteiger partial charge in [-0.15, -0.1) is 0 Å². The lowest BCUT2D eigenvalue weighted by atomic mass is 10.0. The van der Waals surface area contributed by atoms with Gasteiger partial charge in [-0.05, 0) is 37.6 Å². The van der Waals surface area contributed by atoms with E-state index in [-0.39, 0.29) is 11.9 Å². The van der Waals surface area contributed by atoms with Gasteiger partial charge >= 0.3 is 0 Å². The van der Waals surface area contributed by atoms with Gasteiger partial charge in [-0.2, -0.15) is 0 Å². The van der Waals surface area contributed by atoms with Crippen molar-refractivity contribution in [1.29, 1.82) is 0 Å². The molecule has 0 aliphatic heterocycles. The predicted molar refractivity (Wildman–Crippen MR) is 63.9 cm³/mol. The van der Waals surface area contributed by atoms with Gasteiger partial charge in [0.15, 0.2) is 0 Å². The van der Waals surface area contributed by atoms with Crippen LogP contribution >= 0.6 is 15.9 Å². The van der Waals surface area contributed by atoms with Crippen molar-refractivity contribution in [1.82, 2.24) is 0 Å². The standard InChI is InChI=1S/C11H16BrFN2/c12-8-4-5-10(13)9(7-8)11(15)3-1-2-6-14/h4-5,7,11H,1-3,6,14-15H2/t11-/m1/s1. The van der Waals surface area contributed by atoms with Crippen LogP contribution in [0.5, 0.6) is 0 Å². The SMILES string of the molecule is NCCCC[C@@H](N)c1cc(Br)ccc1F. The zero-order chi connectivity index (χ0) is 11.3. The van der Waals surface area contributed by atoms with E-state index in [0.29, 0.717) is 12.1 Å². The van der Waals surface area contributed by atoms with Gasteiger partial charge in [-0.1, -0.05) is 22.4 Å². The normalized spacial score (nSPS) is 12.8. The molecule has 0 saturated heterocycles. The molecule has 1 rings (SSSR count). The van der Waals surface area contributed by atoms with E-state index in [1.807, 2.05) is 0 Å². The molecule has 0 bridgehead atoms. The summed E-state index contributed by atoms with van der Waals surface area (Å²) in [4.78, 5) is 0. The van der Waals surface area contributed by atoms with Crippen molar-refractivity contribution in [2.24, 2.45) is 11.5 Å². The van der Waals surface area contributed by atoms with Gasteiger partial charge in [0.05, 0.1) is 0 Å². The van der Waals surface area contributed by atoms with E-state index in [9.17, 15) is 4.39 Å². The van der Waals surface area contributed by atoms with Crippen LogP contribution in [0.3, 0.4) is 0 Å². The molecular weight excluding hydrogens is 259 g/mol. The van der Waals surface area contributed by atoms with Crippen LogP contribution in [0.4, 0.5) is 4.39 Å². The second-order valence-electron chi connectivity index (χ2n) is 3.56. The third-order valence-corrected chi connectivity index (χ3v) is 2.82. The molecule has 2 nitrogen and oxygen atoms in total. The molecule has 0 aliphatic rings. The van der Waals surface area contributed by atoms with Gasteiger partial charge in [0.1, 0.15) is 5.82 Å². The van der Waals surface area contributed by atoms with Crippen molar-refractivity contribution < 1.29 is 4.39 Å². The van der Waals surface area contributed by atoms with E-state index in [1.165, 1.54) is 6.07 Å². The maximum absolute atomic E-state index is 13.4. The highest BCUT2D eigenvalue weighted by molar-refractivity contribution is 9.10. The van der Waals surface area contributed by atoms with E-state index in [1.54, 1.807) is 12.1 Å². The molecule has 0 aliphatic carbocycles. The van der Waals surface area contributed by atoms with Crippen LogP contribution in [0.25, 0.3) is 0 Å². The summed E-state index contributed by atoms with van der Waals surface area (Å²) in [6.45, 7) is 0.660. The minimum Gasteiger partial charge on any atom is -0.330 e. The average Bonchev–Trinajstić information content (AvgIpc) is 2.22. The van der Waals surface area contributed by atoms with E-state index in [4.69, 9.17) is 11.5 Å². The lowest BCUT2D eigenvalue weighted by molar-refractivity contribution is 0.542. The molecule has 15 heavy (non-hydrogen) atoms. The zero-order valence-corrected chi connectivity index (χ0v) is 10.1. The van der Waals surface area contributed by atoms with Crippen molar-refractivity contribution in [2.75, 3.05) is 6.54 Å². The van der Waals surface area contributed by atoms with Gasteiger partial charge in [-0.25, -0.2) is 4.39 Å². The Hall–Kier alpha value is -0.450. The van der Waals surface area contributed by atoms with Crippen LogP contribution < -0.4 is 11.5 Å². The third-order valence-electron chi connectivity index (χ3n) is 2.33. The smallest absolute Gasteiger partial charge is 0.128 e. The molecule has 0 heterocycles. The van der Waals surface area contributed by atoms with E-state index in [2.05, 4.69) is 15.9 Å². The van der Waals surface area contributed by atoms with Gasteiger partial charge in [0.2, 0.25) is 0 Å². The Morgan fingerprint density at radius 2 is 2.07 bits per heavy atom. The average molecular weight is 275 g/mol. The van der Waals surface area contributed by atoms with Crippen LogP contribution in [-0.2, 0) is 0 Å². The van der Waals surface area contributed by atoms with Crippen LogP contribution in [0.15, 0.2) is 22.7 Å². The molecule has 0 aromatic heterocycles. The topological polar surface area (TPSA) is 52.0 Å². The first-order valence-electron chi connectivity index (χ1n) is 5.05. The van der Waals surface area contributed by atoms with Crippen LogP contribution in [0, 0.1) is 5.82 Å². The van der Waals surface area contributed by atoms with Crippen molar-refractivity contribution in [3.8, 4) is 0 Å². The van der Waals surface area contributed by atoms with Crippen LogP contribution in [-0.4, -0.2) is 6.54 Å². The van der Waals surface area contributed by atoms with Gasteiger partial charge in [0, 0.05) is 16.1 Å². The molecule has 1 aromatic carbocycles. The predicted octanol–water partition coefficient (Wildman–Crippen LogP) is 2.72. The number of nitrogens with two attached hydrogens (primary N) is 2. The lowest BCUT2D eigenvalue weighted by Gasteiger charge is -2.12. The Labute approximate surface area is 98.0 Å². The molecule has 4 N–H and O–H groups in total. The Balaban J connectivity index is 2.64. The maximum atomic E-state index is 13.4. The van der Waals surface area contributed by atoms with E-state index < -0.39 is 0 Å². The summed E-state index contributed by atoms with van der Waals surface area (Å²) in [5, 5.41) is 0. The number of hydrogen-bond donors (Lipinski definition) is 2. The van der Waals surface area contributed by atoms with Gasteiger partial charge < -0.3 is 11.5 Å². The minimum absolute atomic E-state index is 0.238. The Morgan fingerprint density at radius 1 is 1.33 bits per heavy atom. The first-order valence-corrected chi connectivity index (χ1v) is 5.85. The summed E-state index contributed by atoms with van der Waals surface area (Å²) >= 11 is 3.30. The Bertz CT molecular complexity index is 317. The fraction of sp³-hybridized carbons (Fsp3) is 0.455. The largest absolute Gasteiger partial charge is 0.330 e. The zero-order valence-electron chi connectivity index (χ0n) is 8.55. The number of hydrogen-bond acceptors (Lipinski definition) is 2. The summed E-state index contributed by atoms with van der Waals surface area (Å²) in [6.07, 6.45) is 2.64. The van der Waals surface area contributed by atoms with E-state index >= 15 is 0 Å². The number of rotatable bonds is 5. The summed E-state index contributed by atoms with van der Waals surface area (Å²) in [5.41, 5.74) is 11.9. The monoisotopic (exact) mass is 274 g/mol. The minimum atomic E-state index is -0.242. The summed E-state index contributed by atoms with van der Waals surface area (Å²) in [7, 11) is 0. The Morgan fingerprint density at radius 3 is 2.73 bits per heavy atom. The molecule has 0 fully saturated rings. The summed E-state index contributed by atoms with van der Waals surface area (Å²) < 4.78 is 14.3. The van der Waals surface area contributed by atoms with Crippen LogP contribution in [0.2, 0.25) is 0 Å². The number of benzene rings is 1. The fourth-order valence-electron chi connectivity index (χ4n) is 1.46. The van der Waals surface area contributed by atoms with Crippen molar-refractivity contribution in [3.05, 3.63) is 34.1 Å². The highest BCUT2D eigenvalue weighted by atomic mass is 79.9. The molecule has 1 aromatic rings. The first kappa shape index (κ1) is 12.6. The van der Waals surface area contributed by atoms with Crippen molar-refractivity contribution in [3.63, 3.8) is 0 Å². The van der Waals surface area contributed by atoms with Gasteiger partial charge in [0.25, 0.3) is 0 Å². The summed E-state index contributed by atoms with van der Waals surface area (Å²) in [5.74, 6) is -0.238. The molecule has 1 atom stereocenters. The van der Waals surface area contributed by atoms with Crippen molar-refractivity contribution in [2.45, 2.75) is 25.3 Å². The first-order chi connectivity index (χ1) is 7.15. The fourth-order valence-corrected chi connectivity index (χ4v) is 1.84. The number of unbranched alkanes of at least 4 members (excludes halogenated alkanes) is 1. The molecule has 84 valence electrons. The second-order valence-corrected chi connectivity index (χ2v) is 4.47. The number of halogens is 2. The van der Waals surface area contributed by atoms with Crippen LogP contribution in [0.1, 0.15) is 30.9 Å². The second kappa shape index (κ2) is 6.20. The molecule has 0 spiro atoms. The molecule has 4 heteroatoms. The highest BCUT2D eigenvalue weighted by Gasteiger charge is 2.11. The molecule has 0 unspecified atom stereocenters. The maximum Gasteiger partial charge on any atom is 0.128 e. The van der Waals surface area contributed by atoms with E-state index in [0.717, 1.165) is 23.7 Å². The molecule has 0 radical (unpaired) electrons. The lowest BCUT2D eigenvalue weighted by Crippen LogP contribution is -2.12. The third kappa shape index (κ3) is 3.89. The Kier molecular flexibility index (Phi) is 5.22. The highest BCUT2D eigenvalue weighted by Crippen LogP contribution is 2.23. The quantitative estimate of drug-likeness (QED) is 0.812. The molecular formula is C11H16BrFN2. The molecule has 0 saturated carbocycles. The van der Waals surface area contributed by atoms with Gasteiger partial charge in [-0.3, -0.25) is 0 Å². The molecule has 0 amide bonds.